The second-order valence-electron chi connectivity index (χ2n) is 6.43. The van der Waals surface area contributed by atoms with Gasteiger partial charge in [0.2, 0.25) is 0 Å². The number of para-hydroxylation sites is 1. The van der Waals surface area contributed by atoms with E-state index in [9.17, 15) is 0 Å². The Hall–Kier alpha value is -3.33. The van der Waals surface area contributed by atoms with Crippen LogP contribution in [0.25, 0.3) is 22.0 Å². The zero-order valence-corrected chi connectivity index (χ0v) is 15.5. The average molecular weight is 355 g/mol. The lowest BCUT2D eigenvalue weighted by Crippen LogP contribution is -1.98. The second-order valence-corrected chi connectivity index (χ2v) is 6.43. The van der Waals surface area contributed by atoms with E-state index in [1.54, 1.807) is 14.2 Å². The maximum atomic E-state index is 5.30. The molecular formula is C24H21NO2. The molecule has 0 unspecified atom stereocenters. The number of benzene rings is 3. The Balaban J connectivity index is 1.80. The summed E-state index contributed by atoms with van der Waals surface area (Å²) in [6.07, 6.45) is 0.760. The highest BCUT2D eigenvalue weighted by Crippen LogP contribution is 2.30. The third-order valence-electron chi connectivity index (χ3n) is 4.73. The summed E-state index contributed by atoms with van der Waals surface area (Å²) >= 11 is 0. The van der Waals surface area contributed by atoms with Crippen LogP contribution in [0.3, 0.4) is 0 Å². The molecule has 0 bridgehead atoms. The Morgan fingerprint density at radius 3 is 2.04 bits per heavy atom. The van der Waals surface area contributed by atoms with Crippen LogP contribution in [-0.2, 0) is 6.42 Å². The number of nitrogens with zero attached hydrogens (tertiary/aromatic N) is 1. The van der Waals surface area contributed by atoms with Crippen molar-refractivity contribution in [2.45, 2.75) is 6.42 Å². The van der Waals surface area contributed by atoms with Crippen LogP contribution in [-0.4, -0.2) is 19.2 Å². The van der Waals surface area contributed by atoms with Crippen molar-refractivity contribution >= 4 is 10.9 Å². The predicted octanol–water partition coefficient (Wildman–Crippen LogP) is 5.51. The lowest BCUT2D eigenvalue weighted by molar-refractivity contribution is 0.414. The first-order valence-corrected chi connectivity index (χ1v) is 8.93. The number of hydrogen-bond donors (Lipinski definition) is 0. The Labute approximate surface area is 159 Å². The van der Waals surface area contributed by atoms with E-state index in [1.165, 1.54) is 5.56 Å². The maximum Gasteiger partial charge on any atom is 0.118 e. The molecule has 0 saturated heterocycles. The molecule has 0 radical (unpaired) electrons. The van der Waals surface area contributed by atoms with Crippen LogP contribution in [0.2, 0.25) is 0 Å². The lowest BCUT2D eigenvalue weighted by Gasteiger charge is -2.12. The Bertz CT molecular complexity index is 1050. The summed E-state index contributed by atoms with van der Waals surface area (Å²) in [5.74, 6) is 1.71. The summed E-state index contributed by atoms with van der Waals surface area (Å²) < 4.78 is 10.6. The molecule has 134 valence electrons. The number of pyridine rings is 1. The van der Waals surface area contributed by atoms with E-state index in [2.05, 4.69) is 42.5 Å². The normalized spacial score (nSPS) is 10.7. The minimum absolute atomic E-state index is 0.760. The van der Waals surface area contributed by atoms with Gasteiger partial charge in [-0.05, 0) is 47.5 Å². The van der Waals surface area contributed by atoms with Gasteiger partial charge in [-0.2, -0.15) is 0 Å². The highest BCUT2D eigenvalue weighted by atomic mass is 16.5. The highest BCUT2D eigenvalue weighted by molar-refractivity contribution is 5.85. The van der Waals surface area contributed by atoms with Gasteiger partial charge in [-0.25, -0.2) is 0 Å². The summed E-state index contributed by atoms with van der Waals surface area (Å²) in [5, 5.41) is 1.14. The van der Waals surface area contributed by atoms with Crippen molar-refractivity contribution in [3.63, 3.8) is 0 Å². The van der Waals surface area contributed by atoms with E-state index in [0.717, 1.165) is 45.6 Å². The topological polar surface area (TPSA) is 31.4 Å². The number of aromatic nitrogens is 1. The zero-order valence-electron chi connectivity index (χ0n) is 15.5. The van der Waals surface area contributed by atoms with Crippen molar-refractivity contribution in [3.05, 3.63) is 90.1 Å². The third kappa shape index (κ3) is 3.63. The molecule has 1 heterocycles. The van der Waals surface area contributed by atoms with Gasteiger partial charge in [-0.15, -0.1) is 0 Å². The molecular weight excluding hydrogens is 334 g/mol. The summed E-state index contributed by atoms with van der Waals surface area (Å²) in [7, 11) is 3.36. The highest BCUT2D eigenvalue weighted by Gasteiger charge is 2.11. The van der Waals surface area contributed by atoms with Crippen molar-refractivity contribution in [3.8, 4) is 22.6 Å². The van der Waals surface area contributed by atoms with Crippen molar-refractivity contribution in [2.24, 2.45) is 0 Å². The summed E-state index contributed by atoms with van der Waals surface area (Å²) in [6.45, 7) is 0. The fourth-order valence-corrected chi connectivity index (χ4v) is 3.25. The maximum absolute atomic E-state index is 5.30. The minimum atomic E-state index is 0.760. The van der Waals surface area contributed by atoms with Crippen molar-refractivity contribution in [2.75, 3.05) is 14.2 Å². The van der Waals surface area contributed by atoms with Crippen molar-refractivity contribution in [1.82, 2.24) is 4.98 Å². The van der Waals surface area contributed by atoms with Crippen LogP contribution >= 0.6 is 0 Å². The predicted molar refractivity (Wildman–Crippen MR) is 110 cm³/mol. The molecule has 0 spiro atoms. The van der Waals surface area contributed by atoms with Gasteiger partial charge in [-0.1, -0.05) is 42.5 Å². The van der Waals surface area contributed by atoms with E-state index in [1.807, 2.05) is 36.4 Å². The summed E-state index contributed by atoms with van der Waals surface area (Å²) in [6, 6.07) is 26.8. The molecule has 0 amide bonds. The van der Waals surface area contributed by atoms with Crippen LogP contribution in [0.1, 0.15) is 11.3 Å². The molecule has 4 aromatic rings. The van der Waals surface area contributed by atoms with Gasteiger partial charge in [-0.3, -0.25) is 4.98 Å². The first-order valence-electron chi connectivity index (χ1n) is 8.93. The molecule has 0 N–H and O–H groups in total. The molecule has 1 aromatic heterocycles. The number of rotatable bonds is 5. The van der Waals surface area contributed by atoms with E-state index in [-0.39, 0.29) is 0 Å². The molecule has 4 rings (SSSR count). The molecule has 3 aromatic carbocycles. The monoisotopic (exact) mass is 355 g/mol. The molecule has 3 heteroatoms. The van der Waals surface area contributed by atoms with Gasteiger partial charge in [0.1, 0.15) is 11.5 Å². The van der Waals surface area contributed by atoms with Crippen LogP contribution < -0.4 is 9.47 Å². The first kappa shape index (κ1) is 17.1. The SMILES string of the molecule is COc1ccc(Cc2nc3ccccc3cc2-c2ccc(OC)cc2)cc1. The summed E-state index contributed by atoms with van der Waals surface area (Å²) in [4.78, 5) is 4.97. The van der Waals surface area contributed by atoms with E-state index >= 15 is 0 Å². The molecule has 0 aliphatic carbocycles. The fraction of sp³-hybridized carbons (Fsp3) is 0.125. The largest absolute Gasteiger partial charge is 0.497 e. The van der Waals surface area contributed by atoms with Crippen molar-refractivity contribution in [1.29, 1.82) is 0 Å². The second kappa shape index (κ2) is 7.50. The van der Waals surface area contributed by atoms with Gasteiger partial charge < -0.3 is 9.47 Å². The van der Waals surface area contributed by atoms with E-state index < -0.39 is 0 Å². The van der Waals surface area contributed by atoms with Gasteiger partial charge in [0.25, 0.3) is 0 Å². The summed E-state index contributed by atoms with van der Waals surface area (Å²) in [5.41, 5.74) is 5.56. The molecule has 0 aliphatic rings. The standard InChI is InChI=1S/C24H21NO2/c1-26-20-11-7-17(8-12-20)15-24-22(18-9-13-21(27-2)14-10-18)16-19-5-3-4-6-23(19)25-24/h3-14,16H,15H2,1-2H3. The molecule has 0 aliphatic heterocycles. The number of hydrogen-bond acceptors (Lipinski definition) is 3. The van der Waals surface area contributed by atoms with Crippen LogP contribution in [0, 0.1) is 0 Å². The van der Waals surface area contributed by atoms with Crippen LogP contribution in [0.4, 0.5) is 0 Å². The minimum Gasteiger partial charge on any atom is -0.497 e. The molecule has 3 nitrogen and oxygen atoms in total. The molecule has 27 heavy (non-hydrogen) atoms. The Kier molecular flexibility index (Phi) is 4.75. The first-order chi connectivity index (χ1) is 13.3. The van der Waals surface area contributed by atoms with Gasteiger partial charge >= 0.3 is 0 Å². The Morgan fingerprint density at radius 2 is 1.37 bits per heavy atom. The number of ether oxygens (including phenoxy) is 2. The molecule has 0 saturated carbocycles. The molecule has 0 atom stereocenters. The van der Waals surface area contributed by atoms with Gasteiger partial charge in [0.15, 0.2) is 0 Å². The van der Waals surface area contributed by atoms with Gasteiger partial charge in [0.05, 0.1) is 25.4 Å². The van der Waals surface area contributed by atoms with Gasteiger partial charge in [0, 0.05) is 17.4 Å². The smallest absolute Gasteiger partial charge is 0.118 e. The lowest BCUT2D eigenvalue weighted by atomic mass is 9.97. The van der Waals surface area contributed by atoms with E-state index in [4.69, 9.17) is 14.5 Å². The third-order valence-corrected chi connectivity index (χ3v) is 4.73. The van der Waals surface area contributed by atoms with E-state index in [0.29, 0.717) is 0 Å². The number of methoxy groups -OCH3 is 2. The zero-order chi connectivity index (χ0) is 18.6. The van der Waals surface area contributed by atoms with Crippen LogP contribution in [0.5, 0.6) is 11.5 Å². The van der Waals surface area contributed by atoms with Crippen molar-refractivity contribution < 1.29 is 9.47 Å². The number of fused-ring (bicyclic) bond motifs is 1. The molecule has 0 fully saturated rings. The van der Waals surface area contributed by atoms with Crippen LogP contribution in [0.15, 0.2) is 78.9 Å². The average Bonchev–Trinajstić information content (AvgIpc) is 2.74. The quantitative estimate of drug-likeness (QED) is 0.473. The Morgan fingerprint density at radius 1 is 0.741 bits per heavy atom. The fourth-order valence-electron chi connectivity index (χ4n) is 3.25.